The SMILES string of the molecule is CC(=O)N1CCOc2cc(S(=O)(=O)N(C)Cc3ccccc3)c(C)cc21. The van der Waals surface area contributed by atoms with Crippen LogP contribution >= 0.6 is 0 Å². The van der Waals surface area contributed by atoms with Crippen LogP contribution in [0.1, 0.15) is 18.1 Å². The highest BCUT2D eigenvalue weighted by Crippen LogP contribution is 2.36. The quantitative estimate of drug-likeness (QED) is 0.825. The van der Waals surface area contributed by atoms with E-state index in [0.29, 0.717) is 30.2 Å². The van der Waals surface area contributed by atoms with Crippen LogP contribution in [0.2, 0.25) is 0 Å². The van der Waals surface area contributed by atoms with Crippen molar-refractivity contribution < 1.29 is 17.9 Å². The van der Waals surface area contributed by atoms with Crippen molar-refractivity contribution in [1.82, 2.24) is 4.31 Å². The Kier molecular flexibility index (Phi) is 5.02. The van der Waals surface area contributed by atoms with Gasteiger partial charge < -0.3 is 9.64 Å². The number of hydrogen-bond acceptors (Lipinski definition) is 4. The molecule has 1 heterocycles. The Bertz CT molecular complexity index is 926. The fourth-order valence-corrected chi connectivity index (χ4v) is 4.42. The Morgan fingerprint density at radius 3 is 2.58 bits per heavy atom. The van der Waals surface area contributed by atoms with Crippen LogP contribution in [-0.4, -0.2) is 38.8 Å². The summed E-state index contributed by atoms with van der Waals surface area (Å²) in [6, 6.07) is 12.7. The van der Waals surface area contributed by atoms with Crippen LogP contribution in [0.4, 0.5) is 5.69 Å². The van der Waals surface area contributed by atoms with Gasteiger partial charge in [0, 0.05) is 26.6 Å². The number of rotatable bonds is 4. The standard InChI is InChI=1S/C19H22N2O4S/c1-14-11-17-18(25-10-9-21(17)15(2)22)12-19(14)26(23,24)20(3)13-16-7-5-4-6-8-16/h4-8,11-12H,9-10,13H2,1-3H3. The van der Waals surface area contributed by atoms with Gasteiger partial charge >= 0.3 is 0 Å². The summed E-state index contributed by atoms with van der Waals surface area (Å²) < 4.78 is 33.0. The molecule has 6 nitrogen and oxygen atoms in total. The summed E-state index contributed by atoms with van der Waals surface area (Å²) in [6.07, 6.45) is 0. The molecule has 26 heavy (non-hydrogen) atoms. The molecule has 0 bridgehead atoms. The molecule has 0 aromatic heterocycles. The number of aryl methyl sites for hydroxylation is 1. The van der Waals surface area contributed by atoms with E-state index in [1.54, 1.807) is 24.9 Å². The van der Waals surface area contributed by atoms with E-state index in [-0.39, 0.29) is 17.3 Å². The number of carbonyl (C=O) groups is 1. The molecule has 0 atom stereocenters. The number of ether oxygens (including phenoxy) is 1. The number of sulfonamides is 1. The molecule has 138 valence electrons. The monoisotopic (exact) mass is 374 g/mol. The van der Waals surface area contributed by atoms with Gasteiger partial charge in [-0.2, -0.15) is 4.31 Å². The molecule has 0 saturated carbocycles. The smallest absolute Gasteiger partial charge is 0.243 e. The van der Waals surface area contributed by atoms with Crippen LogP contribution < -0.4 is 9.64 Å². The molecule has 7 heteroatoms. The van der Waals surface area contributed by atoms with Crippen molar-refractivity contribution in [2.75, 3.05) is 25.1 Å². The molecular formula is C19H22N2O4S. The maximum atomic E-state index is 13.0. The molecule has 0 fully saturated rings. The lowest BCUT2D eigenvalue weighted by molar-refractivity contribution is -0.116. The van der Waals surface area contributed by atoms with E-state index >= 15 is 0 Å². The second-order valence-electron chi connectivity index (χ2n) is 6.35. The van der Waals surface area contributed by atoms with Crippen LogP contribution in [0.25, 0.3) is 0 Å². The van der Waals surface area contributed by atoms with E-state index in [1.165, 1.54) is 17.3 Å². The topological polar surface area (TPSA) is 66.9 Å². The molecule has 2 aromatic rings. The van der Waals surface area contributed by atoms with Crippen molar-refractivity contribution in [3.63, 3.8) is 0 Å². The fourth-order valence-electron chi connectivity index (χ4n) is 3.05. The van der Waals surface area contributed by atoms with E-state index in [1.807, 2.05) is 30.3 Å². The van der Waals surface area contributed by atoms with Crippen molar-refractivity contribution >= 4 is 21.6 Å². The molecule has 0 spiro atoms. The molecule has 0 N–H and O–H groups in total. The summed E-state index contributed by atoms with van der Waals surface area (Å²) in [5, 5.41) is 0. The number of hydrogen-bond donors (Lipinski definition) is 0. The zero-order valence-corrected chi connectivity index (χ0v) is 15.9. The van der Waals surface area contributed by atoms with Crippen LogP contribution in [0.15, 0.2) is 47.4 Å². The lowest BCUT2D eigenvalue weighted by atomic mass is 10.1. The number of amides is 1. The highest BCUT2D eigenvalue weighted by Gasteiger charge is 2.28. The van der Waals surface area contributed by atoms with Gasteiger partial charge in [-0.3, -0.25) is 4.79 Å². The predicted octanol–water partition coefficient (Wildman–Crippen LogP) is 2.56. The fraction of sp³-hybridized carbons (Fsp3) is 0.316. The third-order valence-electron chi connectivity index (χ3n) is 4.44. The first-order valence-electron chi connectivity index (χ1n) is 8.36. The minimum Gasteiger partial charge on any atom is -0.489 e. The third kappa shape index (κ3) is 3.45. The first-order valence-corrected chi connectivity index (χ1v) is 9.80. The molecular weight excluding hydrogens is 352 g/mol. The summed E-state index contributed by atoms with van der Waals surface area (Å²) >= 11 is 0. The van der Waals surface area contributed by atoms with E-state index in [4.69, 9.17) is 4.74 Å². The maximum absolute atomic E-state index is 13.0. The second kappa shape index (κ2) is 7.09. The van der Waals surface area contributed by atoms with E-state index in [2.05, 4.69) is 0 Å². The summed E-state index contributed by atoms with van der Waals surface area (Å²) in [6.45, 7) is 4.30. The Morgan fingerprint density at radius 1 is 1.23 bits per heavy atom. The largest absolute Gasteiger partial charge is 0.489 e. The molecule has 0 unspecified atom stereocenters. The zero-order chi connectivity index (χ0) is 18.9. The molecule has 3 rings (SSSR count). The molecule has 2 aromatic carbocycles. The Labute approximate surface area is 154 Å². The average Bonchev–Trinajstić information content (AvgIpc) is 2.61. The van der Waals surface area contributed by atoms with Gasteiger partial charge in [0.25, 0.3) is 0 Å². The van der Waals surface area contributed by atoms with Crippen molar-refractivity contribution in [3.8, 4) is 5.75 Å². The lowest BCUT2D eigenvalue weighted by Crippen LogP contribution is -2.36. The summed E-state index contributed by atoms with van der Waals surface area (Å²) in [5.74, 6) is 0.328. The highest BCUT2D eigenvalue weighted by atomic mass is 32.2. The maximum Gasteiger partial charge on any atom is 0.243 e. The molecule has 0 aliphatic carbocycles. The van der Waals surface area contributed by atoms with Gasteiger partial charge in [-0.25, -0.2) is 8.42 Å². The second-order valence-corrected chi connectivity index (χ2v) is 8.36. The van der Waals surface area contributed by atoms with Gasteiger partial charge in [0.15, 0.2) is 0 Å². The van der Waals surface area contributed by atoms with Gasteiger partial charge in [0.1, 0.15) is 12.4 Å². The lowest BCUT2D eigenvalue weighted by Gasteiger charge is -2.30. The minimum atomic E-state index is -3.69. The molecule has 0 radical (unpaired) electrons. The summed E-state index contributed by atoms with van der Waals surface area (Å²) in [5.41, 5.74) is 2.11. The van der Waals surface area contributed by atoms with Gasteiger partial charge in [-0.15, -0.1) is 0 Å². The number of anilines is 1. The molecule has 1 aliphatic heterocycles. The Hall–Kier alpha value is -2.38. The molecule has 1 amide bonds. The van der Waals surface area contributed by atoms with E-state index in [0.717, 1.165) is 5.56 Å². The summed E-state index contributed by atoms with van der Waals surface area (Å²) in [7, 11) is -2.13. The number of nitrogens with zero attached hydrogens (tertiary/aromatic N) is 2. The van der Waals surface area contributed by atoms with Crippen LogP contribution in [-0.2, 0) is 21.4 Å². The minimum absolute atomic E-state index is 0.0919. The summed E-state index contributed by atoms with van der Waals surface area (Å²) in [4.78, 5) is 13.6. The van der Waals surface area contributed by atoms with Gasteiger partial charge in [0.05, 0.1) is 17.1 Å². The van der Waals surface area contributed by atoms with Crippen molar-refractivity contribution in [1.29, 1.82) is 0 Å². The number of fused-ring (bicyclic) bond motifs is 1. The van der Waals surface area contributed by atoms with Crippen LogP contribution in [0.5, 0.6) is 5.75 Å². The van der Waals surface area contributed by atoms with Gasteiger partial charge in [-0.1, -0.05) is 30.3 Å². The first-order chi connectivity index (χ1) is 12.3. The molecule has 0 saturated heterocycles. The third-order valence-corrected chi connectivity index (χ3v) is 6.38. The van der Waals surface area contributed by atoms with Crippen LogP contribution in [0, 0.1) is 6.92 Å². The van der Waals surface area contributed by atoms with E-state index < -0.39 is 10.0 Å². The number of benzene rings is 2. The van der Waals surface area contributed by atoms with Crippen molar-refractivity contribution in [3.05, 3.63) is 53.6 Å². The molecule has 1 aliphatic rings. The Balaban J connectivity index is 1.96. The predicted molar refractivity (Wildman–Crippen MR) is 99.8 cm³/mol. The van der Waals surface area contributed by atoms with E-state index in [9.17, 15) is 13.2 Å². The normalized spacial score (nSPS) is 14.1. The highest BCUT2D eigenvalue weighted by molar-refractivity contribution is 7.89. The zero-order valence-electron chi connectivity index (χ0n) is 15.1. The van der Waals surface area contributed by atoms with Gasteiger partial charge in [0.2, 0.25) is 15.9 Å². The average molecular weight is 374 g/mol. The van der Waals surface area contributed by atoms with Crippen molar-refractivity contribution in [2.24, 2.45) is 0 Å². The van der Waals surface area contributed by atoms with Crippen LogP contribution in [0.3, 0.4) is 0 Å². The Morgan fingerprint density at radius 2 is 1.92 bits per heavy atom. The first kappa shape index (κ1) is 18.4. The number of carbonyl (C=O) groups excluding carboxylic acids is 1. The van der Waals surface area contributed by atoms with Gasteiger partial charge in [-0.05, 0) is 24.1 Å². The van der Waals surface area contributed by atoms with Crippen molar-refractivity contribution in [2.45, 2.75) is 25.3 Å².